The molecule has 1 atom stereocenters. The first-order valence-electron chi connectivity index (χ1n) is 6.67. The van der Waals surface area contributed by atoms with Crippen molar-refractivity contribution in [3.8, 4) is 0 Å². The van der Waals surface area contributed by atoms with Crippen molar-refractivity contribution in [1.29, 1.82) is 0 Å². The van der Waals surface area contributed by atoms with Crippen LogP contribution in [0.1, 0.15) is 48.5 Å². The molecule has 17 heavy (non-hydrogen) atoms. The van der Waals surface area contributed by atoms with Crippen LogP contribution in [0.2, 0.25) is 5.82 Å². The van der Waals surface area contributed by atoms with Gasteiger partial charge in [-0.3, -0.25) is 0 Å². The van der Waals surface area contributed by atoms with Gasteiger partial charge in [0, 0.05) is 0 Å². The Labute approximate surface area is 109 Å². The van der Waals surface area contributed by atoms with E-state index in [9.17, 15) is 0 Å². The van der Waals surface area contributed by atoms with Gasteiger partial charge in [-0.15, -0.1) is 0 Å². The van der Waals surface area contributed by atoms with Crippen LogP contribution in [0.4, 0.5) is 0 Å². The quantitative estimate of drug-likeness (QED) is 0.458. The first-order valence-corrected chi connectivity index (χ1v) is 6.67. The SMILES string of the molecule is C=C(C)C(C(=C)C)C(/B=C(\C)C(C)C)C(C)C. The molecule has 0 aliphatic carbocycles. The van der Waals surface area contributed by atoms with E-state index in [2.05, 4.69) is 68.5 Å². The maximum absolute atomic E-state index is 4.14. The predicted octanol–water partition coefficient (Wildman–Crippen LogP) is 4.75. The molecule has 0 aliphatic heterocycles. The monoisotopic (exact) mass is 232 g/mol. The van der Waals surface area contributed by atoms with Crippen LogP contribution in [-0.4, -0.2) is 12.4 Å². The maximum atomic E-state index is 4.14. The van der Waals surface area contributed by atoms with Gasteiger partial charge in [-0.05, 0) is 0 Å². The molecule has 0 radical (unpaired) electrons. The molecular weight excluding hydrogens is 203 g/mol. The Bertz CT molecular complexity index is 293. The van der Waals surface area contributed by atoms with Crippen molar-refractivity contribution in [3.05, 3.63) is 24.3 Å². The van der Waals surface area contributed by atoms with E-state index in [1.54, 1.807) is 0 Å². The molecule has 0 saturated heterocycles. The minimum atomic E-state index is 0.406. The summed E-state index contributed by atoms with van der Waals surface area (Å²) in [4.78, 5) is 0. The van der Waals surface area contributed by atoms with E-state index in [1.165, 1.54) is 16.6 Å². The van der Waals surface area contributed by atoms with Gasteiger partial charge < -0.3 is 0 Å². The van der Waals surface area contributed by atoms with Gasteiger partial charge in [-0.1, -0.05) is 0 Å². The van der Waals surface area contributed by atoms with Crippen LogP contribution in [0.15, 0.2) is 24.3 Å². The van der Waals surface area contributed by atoms with Gasteiger partial charge in [-0.25, -0.2) is 0 Å². The molecule has 1 heteroatoms. The fourth-order valence-electron chi connectivity index (χ4n) is 2.25. The summed E-state index contributed by atoms with van der Waals surface area (Å²) in [5.41, 5.74) is 3.92. The van der Waals surface area contributed by atoms with Gasteiger partial charge in [-0.2, -0.15) is 0 Å². The zero-order valence-electron chi connectivity index (χ0n) is 12.8. The Morgan fingerprint density at radius 1 is 0.882 bits per heavy atom. The number of allylic oxidation sites excluding steroid dienone is 2. The van der Waals surface area contributed by atoms with Gasteiger partial charge in [0.25, 0.3) is 0 Å². The second-order valence-electron chi connectivity index (χ2n) is 6.06. The van der Waals surface area contributed by atoms with E-state index in [-0.39, 0.29) is 0 Å². The summed E-state index contributed by atoms with van der Waals surface area (Å²) in [6, 6.07) is 0. The van der Waals surface area contributed by atoms with Crippen LogP contribution in [0.25, 0.3) is 0 Å². The molecule has 0 fully saturated rings. The second kappa shape index (κ2) is 6.98. The summed E-state index contributed by atoms with van der Waals surface area (Å²) in [7, 11) is 0. The van der Waals surface area contributed by atoms with Gasteiger partial charge in [0.1, 0.15) is 0 Å². The van der Waals surface area contributed by atoms with E-state index in [4.69, 9.17) is 0 Å². The van der Waals surface area contributed by atoms with Crippen LogP contribution in [0.5, 0.6) is 0 Å². The van der Waals surface area contributed by atoms with E-state index < -0.39 is 0 Å². The van der Waals surface area contributed by atoms with E-state index in [1.807, 2.05) is 0 Å². The van der Waals surface area contributed by atoms with Crippen LogP contribution >= 0.6 is 0 Å². The topological polar surface area (TPSA) is 0 Å². The molecule has 0 N–H and O–H groups in total. The minimum absolute atomic E-state index is 0.406. The Hall–Kier alpha value is -0.585. The van der Waals surface area contributed by atoms with E-state index in [0.29, 0.717) is 23.6 Å². The molecule has 0 aromatic heterocycles. The molecule has 0 aromatic rings. The number of rotatable bonds is 6. The molecule has 0 spiro atoms. The van der Waals surface area contributed by atoms with Gasteiger partial charge in [0.2, 0.25) is 0 Å². The molecule has 96 valence electrons. The molecule has 0 saturated carbocycles. The van der Waals surface area contributed by atoms with Crippen molar-refractivity contribution in [2.45, 2.75) is 54.3 Å². The van der Waals surface area contributed by atoms with Crippen LogP contribution in [0.3, 0.4) is 0 Å². The Balaban J connectivity index is 5.28. The fourth-order valence-corrected chi connectivity index (χ4v) is 2.25. The molecule has 0 aromatic carbocycles. The van der Waals surface area contributed by atoms with Crippen molar-refractivity contribution in [2.75, 3.05) is 0 Å². The van der Waals surface area contributed by atoms with E-state index in [0.717, 1.165) is 0 Å². The molecule has 0 amide bonds. The zero-order chi connectivity index (χ0) is 13.7. The van der Waals surface area contributed by atoms with Gasteiger partial charge in [0.15, 0.2) is 0 Å². The van der Waals surface area contributed by atoms with Crippen LogP contribution in [0, 0.1) is 17.8 Å². The molecule has 1 unspecified atom stereocenters. The summed E-state index contributed by atoms with van der Waals surface area (Å²) in [6.45, 7) is 26.3. The molecular formula is C16H29B. The molecule has 0 aliphatic rings. The first-order chi connectivity index (χ1) is 7.68. The molecule has 0 heterocycles. The zero-order valence-corrected chi connectivity index (χ0v) is 12.8. The number of hydrogen-bond acceptors (Lipinski definition) is 0. The Kier molecular flexibility index (Phi) is 6.74. The van der Waals surface area contributed by atoms with Gasteiger partial charge in [0.05, 0.1) is 0 Å². The van der Waals surface area contributed by atoms with Crippen LogP contribution < -0.4 is 0 Å². The third kappa shape index (κ3) is 5.06. The van der Waals surface area contributed by atoms with Crippen molar-refractivity contribution < 1.29 is 0 Å². The van der Waals surface area contributed by atoms with E-state index >= 15 is 0 Å². The third-order valence-corrected chi connectivity index (χ3v) is 3.58. The standard InChI is InChI=1S/C16H29B/c1-10(2)14(9)17-16(13(7)8)15(11(3)4)12(5)6/h10,13,15-16H,3,5H2,1-2,4,6-9H3. The average Bonchev–Trinajstić information content (AvgIpc) is 2.14. The third-order valence-electron chi connectivity index (χ3n) is 3.58. The van der Waals surface area contributed by atoms with Crippen molar-refractivity contribution in [1.82, 2.24) is 0 Å². The first kappa shape index (κ1) is 16.4. The Morgan fingerprint density at radius 3 is 1.53 bits per heavy atom. The summed E-state index contributed by atoms with van der Waals surface area (Å²) in [6.07, 6.45) is 0. The van der Waals surface area contributed by atoms with Crippen molar-refractivity contribution >= 4 is 12.4 Å². The molecule has 0 rings (SSSR count). The summed E-state index contributed by atoms with van der Waals surface area (Å²) < 4.78 is 0. The molecule has 0 nitrogen and oxygen atoms in total. The Morgan fingerprint density at radius 2 is 1.29 bits per heavy atom. The van der Waals surface area contributed by atoms with Crippen LogP contribution in [-0.2, 0) is 0 Å². The summed E-state index contributed by atoms with van der Waals surface area (Å²) in [5, 5.41) is 0. The summed E-state index contributed by atoms with van der Waals surface area (Å²) >= 11 is 0. The van der Waals surface area contributed by atoms with Crippen molar-refractivity contribution in [2.24, 2.45) is 17.8 Å². The fraction of sp³-hybridized carbons (Fsp3) is 0.688. The average molecular weight is 232 g/mol. The predicted molar refractivity (Wildman–Crippen MR) is 83.0 cm³/mol. The number of hydrogen-bond donors (Lipinski definition) is 0. The van der Waals surface area contributed by atoms with Gasteiger partial charge >= 0.3 is 109 Å². The second-order valence-corrected chi connectivity index (χ2v) is 6.06. The molecule has 0 bridgehead atoms. The van der Waals surface area contributed by atoms with Crippen molar-refractivity contribution in [3.63, 3.8) is 0 Å². The summed E-state index contributed by atoms with van der Waals surface area (Å²) in [5.74, 6) is 2.16. The normalized spacial score (nSPS) is 14.1.